The van der Waals surface area contributed by atoms with Crippen molar-refractivity contribution in [3.63, 3.8) is 0 Å². The van der Waals surface area contributed by atoms with Crippen molar-refractivity contribution in [2.24, 2.45) is 0 Å². The molecule has 0 radical (unpaired) electrons. The molecule has 26 heavy (non-hydrogen) atoms. The first-order valence-corrected chi connectivity index (χ1v) is 9.53. The van der Waals surface area contributed by atoms with Crippen molar-refractivity contribution in [2.45, 2.75) is 18.2 Å². The third-order valence-electron chi connectivity index (χ3n) is 4.21. The van der Waals surface area contributed by atoms with Crippen molar-refractivity contribution in [3.05, 3.63) is 57.8 Å². The van der Waals surface area contributed by atoms with Crippen LogP contribution in [0.1, 0.15) is 11.1 Å². The normalized spacial score (nSPS) is 18.7. The topological polar surface area (TPSA) is 55.8 Å². The zero-order chi connectivity index (χ0) is 18.3. The van der Waals surface area contributed by atoms with Gasteiger partial charge in [-0.25, -0.2) is 4.39 Å². The van der Waals surface area contributed by atoms with Gasteiger partial charge in [-0.05, 0) is 41.8 Å². The van der Waals surface area contributed by atoms with Crippen molar-refractivity contribution in [2.75, 3.05) is 6.79 Å². The standard InChI is InChI=1S/C18H13BrFNO4S/c19-13-7-15-14(24-9-25-15)5-11(13)6-16-17(22)21(18(23)26-16)8-10-1-3-12(20)4-2-10/h1-5,7,16H,6,8-9H2/t16-/m1/s1. The van der Waals surface area contributed by atoms with Crippen molar-refractivity contribution < 1.29 is 23.5 Å². The van der Waals surface area contributed by atoms with Crippen LogP contribution in [0.2, 0.25) is 0 Å². The first-order chi connectivity index (χ1) is 12.5. The minimum atomic E-state index is -0.500. The molecule has 2 aliphatic rings. The first kappa shape index (κ1) is 17.4. The fourth-order valence-corrected chi connectivity index (χ4v) is 4.36. The average Bonchev–Trinajstić information content (AvgIpc) is 3.16. The highest BCUT2D eigenvalue weighted by atomic mass is 79.9. The Morgan fingerprint density at radius 3 is 2.58 bits per heavy atom. The summed E-state index contributed by atoms with van der Waals surface area (Å²) < 4.78 is 24.5. The van der Waals surface area contributed by atoms with Gasteiger partial charge in [0.1, 0.15) is 5.82 Å². The Labute approximate surface area is 161 Å². The molecule has 2 aliphatic heterocycles. The first-order valence-electron chi connectivity index (χ1n) is 7.86. The maximum absolute atomic E-state index is 13.0. The number of halogens is 2. The zero-order valence-electron chi connectivity index (χ0n) is 13.4. The number of ether oxygens (including phenoxy) is 2. The van der Waals surface area contributed by atoms with Crippen LogP contribution in [-0.2, 0) is 17.8 Å². The van der Waals surface area contributed by atoms with Gasteiger partial charge in [0.05, 0.1) is 11.8 Å². The van der Waals surface area contributed by atoms with Crippen molar-refractivity contribution in [1.82, 2.24) is 4.90 Å². The predicted octanol–water partition coefficient (Wildman–Crippen LogP) is 4.12. The number of carbonyl (C=O) groups excluding carboxylic acids is 2. The fraction of sp³-hybridized carbons (Fsp3) is 0.222. The maximum atomic E-state index is 13.0. The largest absolute Gasteiger partial charge is 0.454 e. The van der Waals surface area contributed by atoms with Crippen molar-refractivity contribution in [1.29, 1.82) is 0 Å². The van der Waals surface area contributed by atoms with E-state index in [1.54, 1.807) is 18.2 Å². The highest BCUT2D eigenvalue weighted by molar-refractivity contribution is 9.10. The van der Waals surface area contributed by atoms with Crippen LogP contribution in [0.5, 0.6) is 11.5 Å². The molecule has 2 heterocycles. The van der Waals surface area contributed by atoms with E-state index in [0.29, 0.717) is 23.5 Å². The van der Waals surface area contributed by atoms with Gasteiger partial charge in [0.2, 0.25) is 12.7 Å². The Morgan fingerprint density at radius 2 is 1.85 bits per heavy atom. The predicted molar refractivity (Wildman–Crippen MR) is 97.7 cm³/mol. The molecule has 1 atom stereocenters. The lowest BCUT2D eigenvalue weighted by molar-refractivity contribution is -0.127. The van der Waals surface area contributed by atoms with Gasteiger partial charge in [-0.1, -0.05) is 39.8 Å². The molecule has 2 aromatic rings. The molecule has 0 saturated carbocycles. The Morgan fingerprint density at radius 1 is 1.15 bits per heavy atom. The van der Waals surface area contributed by atoms with E-state index in [2.05, 4.69) is 15.9 Å². The highest BCUT2D eigenvalue weighted by Gasteiger charge is 2.39. The van der Waals surface area contributed by atoms with Crippen LogP contribution >= 0.6 is 27.7 Å². The summed E-state index contributed by atoms with van der Waals surface area (Å²) in [7, 11) is 0. The molecule has 0 unspecified atom stereocenters. The zero-order valence-corrected chi connectivity index (χ0v) is 15.8. The van der Waals surface area contributed by atoms with E-state index in [1.165, 1.54) is 17.0 Å². The van der Waals surface area contributed by atoms with Crippen LogP contribution in [0.4, 0.5) is 9.18 Å². The quantitative estimate of drug-likeness (QED) is 0.719. The van der Waals surface area contributed by atoms with E-state index in [4.69, 9.17) is 9.47 Å². The SMILES string of the molecule is O=C1S[C@H](Cc2cc3c(cc2Br)OCO3)C(=O)N1Cc1ccc(F)cc1. The summed E-state index contributed by atoms with van der Waals surface area (Å²) >= 11 is 4.49. The molecule has 0 aliphatic carbocycles. The molecule has 4 rings (SSSR count). The van der Waals surface area contributed by atoms with Crippen LogP contribution in [0.25, 0.3) is 0 Å². The van der Waals surface area contributed by atoms with Gasteiger partial charge in [0.25, 0.3) is 5.24 Å². The lowest BCUT2D eigenvalue weighted by atomic mass is 10.1. The number of amides is 2. The van der Waals surface area contributed by atoms with Gasteiger partial charge in [-0.3, -0.25) is 14.5 Å². The molecule has 2 aromatic carbocycles. The smallest absolute Gasteiger partial charge is 0.289 e. The van der Waals surface area contributed by atoms with Gasteiger partial charge in [0.15, 0.2) is 11.5 Å². The fourth-order valence-electron chi connectivity index (χ4n) is 2.86. The molecule has 134 valence electrons. The third-order valence-corrected chi connectivity index (χ3v) is 6.02. The lowest BCUT2D eigenvalue weighted by Gasteiger charge is -2.14. The molecule has 0 spiro atoms. The third kappa shape index (κ3) is 3.31. The summed E-state index contributed by atoms with van der Waals surface area (Å²) in [6, 6.07) is 9.40. The summed E-state index contributed by atoms with van der Waals surface area (Å²) in [5, 5.41) is -0.791. The van der Waals surface area contributed by atoms with Crippen LogP contribution < -0.4 is 9.47 Å². The minimum Gasteiger partial charge on any atom is -0.454 e. The number of fused-ring (bicyclic) bond motifs is 1. The van der Waals surface area contributed by atoms with Gasteiger partial charge < -0.3 is 9.47 Å². The Bertz CT molecular complexity index is 890. The number of nitrogens with zero attached hydrogens (tertiary/aromatic N) is 1. The van der Waals surface area contributed by atoms with Crippen LogP contribution in [0.3, 0.4) is 0 Å². The summed E-state index contributed by atoms with van der Waals surface area (Å²) in [5.41, 5.74) is 1.58. The number of hydrogen-bond acceptors (Lipinski definition) is 5. The van der Waals surface area contributed by atoms with Gasteiger partial charge in [-0.15, -0.1) is 0 Å². The van der Waals surface area contributed by atoms with Crippen LogP contribution in [0, 0.1) is 5.82 Å². The second-order valence-electron chi connectivity index (χ2n) is 5.92. The Kier molecular flexibility index (Phi) is 4.62. The molecule has 5 nitrogen and oxygen atoms in total. The highest BCUT2D eigenvalue weighted by Crippen LogP contribution is 2.39. The van der Waals surface area contributed by atoms with Gasteiger partial charge >= 0.3 is 0 Å². The number of imide groups is 1. The molecule has 1 saturated heterocycles. The van der Waals surface area contributed by atoms with E-state index >= 15 is 0 Å². The maximum Gasteiger partial charge on any atom is 0.289 e. The van der Waals surface area contributed by atoms with E-state index in [9.17, 15) is 14.0 Å². The Balaban J connectivity index is 1.50. The van der Waals surface area contributed by atoms with Crippen LogP contribution in [0.15, 0.2) is 40.9 Å². The average molecular weight is 438 g/mol. The summed E-state index contributed by atoms with van der Waals surface area (Å²) in [6.45, 7) is 0.316. The molecular weight excluding hydrogens is 425 g/mol. The molecular formula is C18H13BrFNO4S. The lowest BCUT2D eigenvalue weighted by Crippen LogP contribution is -2.31. The molecule has 0 bridgehead atoms. The molecule has 1 fully saturated rings. The summed E-state index contributed by atoms with van der Waals surface area (Å²) in [6.07, 6.45) is 0.395. The number of carbonyl (C=O) groups is 2. The second kappa shape index (κ2) is 6.92. The summed E-state index contributed by atoms with van der Waals surface area (Å²) in [4.78, 5) is 26.2. The van der Waals surface area contributed by atoms with Crippen LogP contribution in [-0.4, -0.2) is 28.1 Å². The monoisotopic (exact) mass is 437 g/mol. The minimum absolute atomic E-state index is 0.143. The number of rotatable bonds is 4. The van der Waals surface area contributed by atoms with Gasteiger partial charge in [0, 0.05) is 4.47 Å². The molecule has 8 heteroatoms. The molecule has 2 amide bonds. The number of thioether (sulfide) groups is 1. The second-order valence-corrected chi connectivity index (χ2v) is 7.93. The van der Waals surface area contributed by atoms with Crippen molar-refractivity contribution in [3.8, 4) is 11.5 Å². The summed E-state index contributed by atoms with van der Waals surface area (Å²) in [5.74, 6) is 0.690. The van der Waals surface area contributed by atoms with E-state index < -0.39 is 5.25 Å². The molecule has 0 N–H and O–H groups in total. The van der Waals surface area contributed by atoms with E-state index in [1.807, 2.05) is 6.07 Å². The molecule has 0 aromatic heterocycles. The van der Waals surface area contributed by atoms with E-state index in [0.717, 1.165) is 21.8 Å². The number of benzene rings is 2. The Hall–Kier alpha value is -2.06. The van der Waals surface area contributed by atoms with E-state index in [-0.39, 0.29) is 30.3 Å². The van der Waals surface area contributed by atoms with Crippen molar-refractivity contribution >= 4 is 38.8 Å². The van der Waals surface area contributed by atoms with Gasteiger partial charge in [-0.2, -0.15) is 0 Å². The number of hydrogen-bond donors (Lipinski definition) is 0.